The van der Waals surface area contributed by atoms with Crippen LogP contribution >= 0.6 is 0 Å². The zero-order valence-corrected chi connectivity index (χ0v) is 22.3. The van der Waals surface area contributed by atoms with Gasteiger partial charge in [0.05, 0.1) is 6.10 Å². The number of rotatable bonds is 5. The van der Waals surface area contributed by atoms with Crippen LogP contribution in [0.15, 0.2) is 11.6 Å². The Morgan fingerprint density at radius 1 is 1.00 bits per heavy atom. The van der Waals surface area contributed by atoms with Gasteiger partial charge in [-0.2, -0.15) is 8.42 Å². The Kier molecular flexibility index (Phi) is 10.8. The van der Waals surface area contributed by atoms with Crippen molar-refractivity contribution in [3.05, 3.63) is 11.6 Å². The van der Waals surface area contributed by atoms with Crippen LogP contribution in [-0.2, 0) is 10.4 Å². The molecule has 0 radical (unpaired) electrons. The van der Waals surface area contributed by atoms with Gasteiger partial charge < -0.3 is 5.11 Å². The monoisotopic (exact) mass is 508 g/mol. The van der Waals surface area contributed by atoms with E-state index in [4.69, 9.17) is 17.5 Å². The Morgan fingerprint density at radius 2 is 1.65 bits per heavy atom. The van der Waals surface area contributed by atoms with Crippen molar-refractivity contribution in [3.8, 4) is 0 Å². The number of allylic oxidation sites excluding steroid dienone is 1. The fourth-order valence-corrected chi connectivity index (χ4v) is 8.67. The van der Waals surface area contributed by atoms with Gasteiger partial charge in [0.1, 0.15) is 0 Å². The fraction of sp³-hybridized carbons (Fsp3) is 0.926. The van der Waals surface area contributed by atoms with E-state index in [2.05, 4.69) is 40.7 Å². The topological polar surface area (TPSA) is 94.8 Å². The quantitative estimate of drug-likeness (QED) is 0.237. The Hall–Kier alpha value is 0.570. The molecule has 1 unspecified atom stereocenters. The van der Waals surface area contributed by atoms with Crippen LogP contribution in [0, 0.1) is 46.3 Å². The SMILES string of the molecule is CC(C)CCCC(C)[C@H]1CC[C@H]2[C@@H]3CC=C4C[C@@H](O)CC[C@]4(C)[C@H]3CC[C@]12C.O=S(=O)(O)O.[NaH]. The molecule has 0 aromatic rings. The van der Waals surface area contributed by atoms with Crippen molar-refractivity contribution in [2.45, 2.75) is 111 Å². The molecule has 0 aromatic carbocycles. The molecule has 4 aliphatic carbocycles. The average Bonchev–Trinajstić information content (AvgIpc) is 3.04. The van der Waals surface area contributed by atoms with E-state index < -0.39 is 10.4 Å². The molecular formula is C27H49NaO5S. The molecular weight excluding hydrogens is 459 g/mol. The maximum atomic E-state index is 10.2. The van der Waals surface area contributed by atoms with Gasteiger partial charge in [-0.3, -0.25) is 9.11 Å². The maximum absolute atomic E-state index is 10.2. The molecule has 34 heavy (non-hydrogen) atoms. The molecule has 8 atom stereocenters. The number of aliphatic hydroxyl groups is 1. The predicted molar refractivity (Wildman–Crippen MR) is 140 cm³/mol. The second kappa shape index (κ2) is 12.0. The van der Waals surface area contributed by atoms with Crippen molar-refractivity contribution in [2.75, 3.05) is 0 Å². The first-order chi connectivity index (χ1) is 15.3. The van der Waals surface area contributed by atoms with E-state index in [0.717, 1.165) is 48.3 Å². The third-order valence-corrected chi connectivity index (χ3v) is 10.3. The zero-order chi connectivity index (χ0) is 24.6. The van der Waals surface area contributed by atoms with E-state index in [1.807, 2.05) is 0 Å². The Balaban J connectivity index is 0.000000619. The summed E-state index contributed by atoms with van der Waals surface area (Å²) >= 11 is 0. The molecule has 0 aromatic heterocycles. The molecule has 7 heteroatoms. The first kappa shape index (κ1) is 30.8. The Morgan fingerprint density at radius 3 is 2.26 bits per heavy atom. The minimum atomic E-state index is -4.67. The normalized spacial score (nSPS) is 40.0. The van der Waals surface area contributed by atoms with Crippen LogP contribution in [0.2, 0.25) is 0 Å². The second-order valence-electron chi connectivity index (χ2n) is 12.6. The van der Waals surface area contributed by atoms with Crippen LogP contribution in [0.5, 0.6) is 0 Å². The van der Waals surface area contributed by atoms with Crippen LogP contribution in [0.3, 0.4) is 0 Å². The summed E-state index contributed by atoms with van der Waals surface area (Å²) in [6.45, 7) is 12.6. The van der Waals surface area contributed by atoms with Crippen molar-refractivity contribution < 1.29 is 22.6 Å². The summed E-state index contributed by atoms with van der Waals surface area (Å²) < 4.78 is 31.6. The van der Waals surface area contributed by atoms with Crippen molar-refractivity contribution in [2.24, 2.45) is 46.3 Å². The molecule has 3 fully saturated rings. The van der Waals surface area contributed by atoms with Gasteiger partial charge in [0.2, 0.25) is 0 Å². The molecule has 3 N–H and O–H groups in total. The summed E-state index contributed by atoms with van der Waals surface area (Å²) in [5.41, 5.74) is 2.60. The molecule has 0 amide bonds. The first-order valence-corrected chi connectivity index (χ1v) is 14.7. The molecule has 4 rings (SSSR count). The first-order valence-electron chi connectivity index (χ1n) is 13.3. The summed E-state index contributed by atoms with van der Waals surface area (Å²) in [5.74, 6) is 5.46. The van der Waals surface area contributed by atoms with E-state index in [1.54, 1.807) is 5.57 Å². The Bertz CT molecular complexity index is 804. The van der Waals surface area contributed by atoms with Gasteiger partial charge in [-0.25, -0.2) is 0 Å². The van der Waals surface area contributed by atoms with Crippen molar-refractivity contribution in [3.63, 3.8) is 0 Å². The zero-order valence-electron chi connectivity index (χ0n) is 21.5. The van der Waals surface area contributed by atoms with Gasteiger partial charge in [-0.15, -0.1) is 0 Å². The van der Waals surface area contributed by atoms with Crippen molar-refractivity contribution in [1.82, 2.24) is 0 Å². The van der Waals surface area contributed by atoms with Gasteiger partial charge in [0.25, 0.3) is 0 Å². The summed E-state index contributed by atoms with van der Waals surface area (Å²) in [5, 5.41) is 10.2. The molecule has 0 saturated heterocycles. The van der Waals surface area contributed by atoms with Crippen LogP contribution in [0.25, 0.3) is 0 Å². The molecule has 0 aliphatic heterocycles. The minimum absolute atomic E-state index is 0. The molecule has 0 bridgehead atoms. The van der Waals surface area contributed by atoms with E-state index in [9.17, 15) is 5.11 Å². The standard InChI is InChI=1S/C27H46O.Na.H2O4S.H/c1-18(2)7-6-8-19(3)23-11-12-24-22-10-9-20-17-21(28)13-15-26(20,4)25(22)14-16-27(23,24)5;;1-5(2,3)4;/h9,18-19,21-25,28H,6-8,10-17H2,1-5H3;;(H2,1,2,3,4);/t19?,21-,22-,23+,24-,25-,26-,27+;;;/m0.../s1. The third-order valence-electron chi connectivity index (χ3n) is 10.3. The molecule has 0 spiro atoms. The van der Waals surface area contributed by atoms with Gasteiger partial charge in [0, 0.05) is 0 Å². The second-order valence-corrected chi connectivity index (χ2v) is 13.5. The number of hydrogen-bond acceptors (Lipinski definition) is 3. The van der Waals surface area contributed by atoms with E-state index in [0.29, 0.717) is 10.8 Å². The van der Waals surface area contributed by atoms with Crippen LogP contribution in [-0.4, -0.2) is 58.3 Å². The Labute approximate surface area is 230 Å². The molecule has 4 aliphatic rings. The van der Waals surface area contributed by atoms with E-state index >= 15 is 0 Å². The van der Waals surface area contributed by atoms with Gasteiger partial charge in [0.15, 0.2) is 0 Å². The predicted octanol–water partition coefficient (Wildman–Crippen LogP) is 6.09. The van der Waals surface area contributed by atoms with Crippen molar-refractivity contribution in [1.29, 1.82) is 0 Å². The van der Waals surface area contributed by atoms with Gasteiger partial charge in [-0.1, -0.05) is 65.5 Å². The summed E-state index contributed by atoms with van der Waals surface area (Å²) in [4.78, 5) is 0. The molecule has 0 heterocycles. The molecule has 3 saturated carbocycles. The van der Waals surface area contributed by atoms with Crippen LogP contribution < -0.4 is 0 Å². The van der Waals surface area contributed by atoms with Crippen LogP contribution in [0.1, 0.15) is 105 Å². The average molecular weight is 509 g/mol. The molecule has 194 valence electrons. The number of hydrogen-bond donors (Lipinski definition) is 3. The molecule has 5 nitrogen and oxygen atoms in total. The summed E-state index contributed by atoms with van der Waals surface area (Å²) in [6.07, 6.45) is 17.2. The third kappa shape index (κ3) is 6.90. The summed E-state index contributed by atoms with van der Waals surface area (Å²) in [7, 11) is -4.67. The fourth-order valence-electron chi connectivity index (χ4n) is 8.67. The van der Waals surface area contributed by atoms with Gasteiger partial charge in [-0.05, 0) is 97.7 Å². The number of fused-ring (bicyclic) bond motifs is 5. The van der Waals surface area contributed by atoms with Crippen LogP contribution in [0.4, 0.5) is 0 Å². The summed E-state index contributed by atoms with van der Waals surface area (Å²) in [6, 6.07) is 0. The van der Waals surface area contributed by atoms with E-state index in [1.165, 1.54) is 57.8 Å². The van der Waals surface area contributed by atoms with Crippen molar-refractivity contribution >= 4 is 40.0 Å². The number of aliphatic hydroxyl groups excluding tert-OH is 1. The van der Waals surface area contributed by atoms with Gasteiger partial charge >= 0.3 is 40.0 Å². The van der Waals surface area contributed by atoms with E-state index in [-0.39, 0.29) is 35.7 Å².